The molecule has 1 unspecified atom stereocenters. The summed E-state index contributed by atoms with van der Waals surface area (Å²) in [4.78, 5) is 0. The Morgan fingerprint density at radius 2 is 0.953 bits per heavy atom. The lowest BCUT2D eigenvalue weighted by atomic mass is 9.98. The first-order chi connectivity index (χ1) is 21.3. The van der Waals surface area contributed by atoms with Crippen molar-refractivity contribution in [2.75, 3.05) is 12.5 Å². The maximum atomic E-state index is 3.83. The Balaban J connectivity index is 1.31. The second-order valence-electron chi connectivity index (χ2n) is 10.8. The third-order valence-electron chi connectivity index (χ3n) is 8.14. The van der Waals surface area contributed by atoms with Gasteiger partial charge in [-0.2, -0.15) is 0 Å². The molecule has 3 heteroatoms. The SMILES string of the molecule is CNC(/C=C(\Nn1c2ccccc2c2ccccc21)c1ccc(-c2ccccc2)cc1)c1ccc(-c2ccccc2)cc1. The van der Waals surface area contributed by atoms with E-state index in [2.05, 4.69) is 179 Å². The van der Waals surface area contributed by atoms with Crippen LogP contribution in [0, 0.1) is 0 Å². The van der Waals surface area contributed by atoms with Crippen LogP contribution in [0.1, 0.15) is 17.2 Å². The van der Waals surface area contributed by atoms with Crippen LogP contribution in [0.3, 0.4) is 0 Å². The van der Waals surface area contributed by atoms with E-state index in [4.69, 9.17) is 0 Å². The molecule has 0 saturated heterocycles. The van der Waals surface area contributed by atoms with Gasteiger partial charge in [0.25, 0.3) is 0 Å². The van der Waals surface area contributed by atoms with Crippen molar-refractivity contribution in [2.45, 2.75) is 6.04 Å². The fourth-order valence-corrected chi connectivity index (χ4v) is 5.86. The Morgan fingerprint density at radius 3 is 1.47 bits per heavy atom. The minimum Gasteiger partial charge on any atom is -0.310 e. The number of nitrogens with zero attached hydrogens (tertiary/aromatic N) is 1. The molecule has 0 saturated carbocycles. The second kappa shape index (κ2) is 11.8. The predicted octanol–water partition coefficient (Wildman–Crippen LogP) is 9.67. The molecule has 208 valence electrons. The first-order valence-electron chi connectivity index (χ1n) is 14.7. The van der Waals surface area contributed by atoms with E-state index < -0.39 is 0 Å². The molecule has 0 aliphatic carbocycles. The molecule has 43 heavy (non-hydrogen) atoms. The lowest BCUT2D eigenvalue weighted by Gasteiger charge is -2.20. The van der Waals surface area contributed by atoms with Gasteiger partial charge in [0.2, 0.25) is 0 Å². The minimum atomic E-state index is -0.00536. The van der Waals surface area contributed by atoms with Crippen molar-refractivity contribution in [1.29, 1.82) is 0 Å². The molecule has 6 aromatic carbocycles. The van der Waals surface area contributed by atoms with Gasteiger partial charge in [0.15, 0.2) is 0 Å². The maximum Gasteiger partial charge on any atom is 0.0709 e. The van der Waals surface area contributed by atoms with Gasteiger partial charge in [-0.1, -0.05) is 146 Å². The van der Waals surface area contributed by atoms with Gasteiger partial charge in [-0.05, 0) is 58.6 Å². The normalized spacial score (nSPS) is 12.4. The largest absolute Gasteiger partial charge is 0.310 e. The lowest BCUT2D eigenvalue weighted by Crippen LogP contribution is -2.18. The van der Waals surface area contributed by atoms with Crippen molar-refractivity contribution in [3.05, 3.63) is 175 Å². The zero-order valence-electron chi connectivity index (χ0n) is 24.1. The first-order valence-corrected chi connectivity index (χ1v) is 14.7. The van der Waals surface area contributed by atoms with E-state index in [1.54, 1.807) is 0 Å². The van der Waals surface area contributed by atoms with Crippen molar-refractivity contribution < 1.29 is 0 Å². The molecule has 1 atom stereocenters. The Hall–Kier alpha value is -5.38. The number of rotatable bonds is 8. The number of hydrogen-bond donors (Lipinski definition) is 2. The molecule has 0 aliphatic heterocycles. The average molecular weight is 556 g/mol. The zero-order valence-corrected chi connectivity index (χ0v) is 24.1. The predicted molar refractivity (Wildman–Crippen MR) is 182 cm³/mol. The van der Waals surface area contributed by atoms with Crippen LogP contribution in [0.4, 0.5) is 0 Å². The highest BCUT2D eigenvalue weighted by Gasteiger charge is 2.15. The fraction of sp³-hybridized carbons (Fsp3) is 0.0500. The molecule has 0 radical (unpaired) electrons. The van der Waals surface area contributed by atoms with Crippen molar-refractivity contribution in [1.82, 2.24) is 9.99 Å². The van der Waals surface area contributed by atoms with E-state index in [-0.39, 0.29) is 6.04 Å². The van der Waals surface area contributed by atoms with Gasteiger partial charge in [-0.25, -0.2) is 0 Å². The Bertz CT molecular complexity index is 1950. The van der Waals surface area contributed by atoms with Crippen LogP contribution >= 0.6 is 0 Å². The monoisotopic (exact) mass is 555 g/mol. The molecule has 1 heterocycles. The van der Waals surface area contributed by atoms with Gasteiger partial charge in [0.05, 0.1) is 22.8 Å². The van der Waals surface area contributed by atoms with Crippen LogP contribution in [-0.4, -0.2) is 11.7 Å². The van der Waals surface area contributed by atoms with Crippen LogP contribution in [0.5, 0.6) is 0 Å². The van der Waals surface area contributed by atoms with Crippen LogP contribution in [0.15, 0.2) is 164 Å². The molecular weight excluding hydrogens is 522 g/mol. The lowest BCUT2D eigenvalue weighted by molar-refractivity contribution is 0.715. The van der Waals surface area contributed by atoms with E-state index in [1.165, 1.54) is 38.6 Å². The molecular formula is C40H33N3. The number of fused-ring (bicyclic) bond motifs is 3. The summed E-state index contributed by atoms with van der Waals surface area (Å²) in [7, 11) is 2.02. The van der Waals surface area contributed by atoms with Crippen LogP contribution in [-0.2, 0) is 0 Å². The molecule has 0 aliphatic rings. The summed E-state index contributed by atoms with van der Waals surface area (Å²) in [6, 6.07) is 55.9. The summed E-state index contributed by atoms with van der Waals surface area (Å²) in [6.45, 7) is 0. The van der Waals surface area contributed by atoms with Gasteiger partial charge in [-0.15, -0.1) is 0 Å². The number of benzene rings is 6. The van der Waals surface area contributed by atoms with Crippen LogP contribution < -0.4 is 10.7 Å². The first kappa shape index (κ1) is 26.5. The summed E-state index contributed by atoms with van der Waals surface area (Å²) in [5.41, 5.74) is 14.3. The summed E-state index contributed by atoms with van der Waals surface area (Å²) in [5, 5.41) is 6.00. The quantitative estimate of drug-likeness (QED) is 0.195. The molecule has 2 N–H and O–H groups in total. The molecule has 0 fully saturated rings. The van der Waals surface area contributed by atoms with E-state index >= 15 is 0 Å². The maximum absolute atomic E-state index is 3.83. The highest BCUT2D eigenvalue weighted by Crippen LogP contribution is 2.31. The van der Waals surface area contributed by atoms with Gasteiger partial charge in [0.1, 0.15) is 0 Å². The van der Waals surface area contributed by atoms with Crippen molar-refractivity contribution in [3.8, 4) is 22.3 Å². The summed E-state index contributed by atoms with van der Waals surface area (Å²) in [5.74, 6) is 0. The highest BCUT2D eigenvalue weighted by molar-refractivity contribution is 6.08. The Morgan fingerprint density at radius 1 is 0.512 bits per heavy atom. The van der Waals surface area contributed by atoms with Gasteiger partial charge >= 0.3 is 0 Å². The van der Waals surface area contributed by atoms with Gasteiger partial charge < -0.3 is 5.32 Å². The average Bonchev–Trinajstić information content (AvgIpc) is 3.41. The smallest absolute Gasteiger partial charge is 0.0709 e. The fourth-order valence-electron chi connectivity index (χ4n) is 5.86. The van der Waals surface area contributed by atoms with Crippen molar-refractivity contribution >= 4 is 27.5 Å². The summed E-state index contributed by atoms with van der Waals surface area (Å²) >= 11 is 0. The number of para-hydroxylation sites is 2. The standard InChI is InChI=1S/C40H33N3/c1-41-37(33-24-20-31(21-25-33)29-12-4-2-5-13-29)28-38(34-26-22-32(23-27-34)30-14-6-3-7-15-30)42-43-39-18-10-8-16-35(39)36-17-9-11-19-40(36)43/h2-28,37,41-42H,1H3/b38-28-. The van der Waals surface area contributed by atoms with Gasteiger partial charge in [-0.3, -0.25) is 10.1 Å². The highest BCUT2D eigenvalue weighted by atomic mass is 15.4. The van der Waals surface area contributed by atoms with Crippen molar-refractivity contribution in [2.24, 2.45) is 0 Å². The van der Waals surface area contributed by atoms with Gasteiger partial charge in [0, 0.05) is 10.8 Å². The third-order valence-corrected chi connectivity index (χ3v) is 8.14. The number of aromatic nitrogens is 1. The Kier molecular flexibility index (Phi) is 7.31. The number of likely N-dealkylation sites (N-methyl/N-ethyl adjacent to an activating group) is 1. The molecule has 1 aromatic heterocycles. The van der Waals surface area contributed by atoms with E-state index in [0.717, 1.165) is 22.3 Å². The molecule has 0 spiro atoms. The van der Waals surface area contributed by atoms with Crippen LogP contribution in [0.2, 0.25) is 0 Å². The second-order valence-corrected chi connectivity index (χ2v) is 10.8. The molecule has 0 bridgehead atoms. The van der Waals surface area contributed by atoms with Crippen molar-refractivity contribution in [3.63, 3.8) is 0 Å². The van der Waals surface area contributed by atoms with E-state index in [1.807, 2.05) is 7.05 Å². The summed E-state index contributed by atoms with van der Waals surface area (Å²) in [6.07, 6.45) is 2.29. The Labute approximate surface area is 252 Å². The minimum absolute atomic E-state index is 0.00536. The molecule has 7 rings (SSSR count). The number of hydrogen-bond acceptors (Lipinski definition) is 2. The topological polar surface area (TPSA) is 29.0 Å². The molecule has 7 aromatic rings. The summed E-state index contributed by atoms with van der Waals surface area (Å²) < 4.78 is 2.22. The zero-order chi connectivity index (χ0) is 29.0. The molecule has 3 nitrogen and oxygen atoms in total. The van der Waals surface area contributed by atoms with E-state index in [9.17, 15) is 0 Å². The third kappa shape index (κ3) is 5.34. The van der Waals surface area contributed by atoms with Crippen LogP contribution in [0.25, 0.3) is 49.8 Å². The number of nitrogens with one attached hydrogen (secondary N) is 2. The molecule has 0 amide bonds. The van der Waals surface area contributed by atoms with E-state index in [0.29, 0.717) is 0 Å².